The summed E-state index contributed by atoms with van der Waals surface area (Å²) >= 11 is 6.72. The normalized spacial score (nSPS) is 19.4. The van der Waals surface area contributed by atoms with Crippen LogP contribution in [0.1, 0.15) is 40.2 Å². The summed E-state index contributed by atoms with van der Waals surface area (Å²) in [5.74, 6) is 0.483. The van der Waals surface area contributed by atoms with Crippen molar-refractivity contribution in [2.45, 2.75) is 25.2 Å². The highest BCUT2D eigenvalue weighted by Crippen LogP contribution is 2.38. The summed E-state index contributed by atoms with van der Waals surface area (Å²) in [4.78, 5) is 20.7. The predicted molar refractivity (Wildman–Crippen MR) is 153 cm³/mol. The van der Waals surface area contributed by atoms with Crippen molar-refractivity contribution in [1.29, 1.82) is 0 Å². The number of likely N-dealkylation sites (N-methyl/N-ethyl adjacent to an activating group) is 1. The average Bonchev–Trinajstić information content (AvgIpc) is 3.29. The number of nitrogens with one attached hydrogen (secondary N) is 1. The van der Waals surface area contributed by atoms with E-state index in [4.69, 9.17) is 11.6 Å². The summed E-state index contributed by atoms with van der Waals surface area (Å²) < 4.78 is 0. The zero-order chi connectivity index (χ0) is 25.5. The molecular weight excluding hydrogens is 482 g/mol. The molecule has 7 heteroatoms. The van der Waals surface area contributed by atoms with Crippen LogP contribution in [0.15, 0.2) is 48.5 Å². The molecule has 0 aliphatic carbocycles. The number of carbonyl (C=O) groups excluding carboxylic acids is 1. The quantitative estimate of drug-likeness (QED) is 0.540. The monoisotopic (exact) mass is 517 g/mol. The number of benzene rings is 3. The number of carbonyl (C=O) groups is 1. The van der Waals surface area contributed by atoms with Gasteiger partial charge in [-0.1, -0.05) is 41.9 Å². The highest BCUT2D eigenvalue weighted by Gasteiger charge is 2.27. The molecule has 37 heavy (non-hydrogen) atoms. The molecule has 194 valence electrons. The van der Waals surface area contributed by atoms with Crippen molar-refractivity contribution in [3.8, 4) is 0 Å². The second kappa shape index (κ2) is 10.2. The maximum Gasteiger partial charge on any atom is 0.270 e. The van der Waals surface area contributed by atoms with Gasteiger partial charge in [-0.05, 0) is 92.5 Å². The Bertz CT molecular complexity index is 1310. The van der Waals surface area contributed by atoms with E-state index in [0.717, 1.165) is 92.4 Å². The smallest absolute Gasteiger partial charge is 0.270 e. The number of likely N-dealkylation sites (tertiary alicyclic amines) is 1. The fourth-order valence-electron chi connectivity index (χ4n) is 6.18. The first-order valence-electron chi connectivity index (χ1n) is 13.5. The molecule has 3 aliphatic rings. The van der Waals surface area contributed by atoms with Gasteiger partial charge in [0.1, 0.15) is 0 Å². The van der Waals surface area contributed by atoms with Crippen molar-refractivity contribution in [2.24, 2.45) is 0 Å². The lowest BCUT2D eigenvalue weighted by Crippen LogP contribution is -2.45. The Hall–Kier alpha value is -2.80. The number of piperazine rings is 1. The molecule has 3 heterocycles. The van der Waals surface area contributed by atoms with Crippen LogP contribution in [0, 0.1) is 0 Å². The number of anilines is 2. The first kappa shape index (κ1) is 24.5. The van der Waals surface area contributed by atoms with Crippen molar-refractivity contribution >= 4 is 39.7 Å². The zero-order valence-corrected chi connectivity index (χ0v) is 22.6. The first-order valence-corrected chi connectivity index (χ1v) is 13.9. The molecule has 1 amide bonds. The second-order valence-electron chi connectivity index (χ2n) is 10.9. The molecule has 0 radical (unpaired) electrons. The largest absolute Gasteiger partial charge is 0.368 e. The maximum absolute atomic E-state index is 13.6. The van der Waals surface area contributed by atoms with Crippen LogP contribution < -0.4 is 15.3 Å². The van der Waals surface area contributed by atoms with Gasteiger partial charge in [0.2, 0.25) is 0 Å². The molecular formula is C30H36ClN5O. The Labute approximate surface area is 224 Å². The number of hydrazine groups is 1. The predicted octanol–water partition coefficient (Wildman–Crippen LogP) is 4.76. The number of hydrogen-bond donors (Lipinski definition) is 1. The molecule has 2 fully saturated rings. The summed E-state index contributed by atoms with van der Waals surface area (Å²) in [6, 6.07) is 16.9. The van der Waals surface area contributed by atoms with Gasteiger partial charge >= 0.3 is 0 Å². The van der Waals surface area contributed by atoms with Crippen LogP contribution in [-0.2, 0) is 6.42 Å². The fraction of sp³-hybridized carbons (Fsp3) is 0.433. The molecule has 0 atom stereocenters. The molecule has 6 nitrogen and oxygen atoms in total. The summed E-state index contributed by atoms with van der Waals surface area (Å²) in [5.41, 5.74) is 8.63. The number of halogens is 1. The van der Waals surface area contributed by atoms with Crippen molar-refractivity contribution in [2.75, 3.05) is 69.8 Å². The molecule has 3 aromatic rings. The lowest BCUT2D eigenvalue weighted by Gasteiger charge is -2.35. The molecule has 1 N–H and O–H groups in total. The van der Waals surface area contributed by atoms with E-state index in [1.165, 1.54) is 16.5 Å². The van der Waals surface area contributed by atoms with Gasteiger partial charge in [-0.2, -0.15) is 0 Å². The minimum Gasteiger partial charge on any atom is -0.368 e. The van der Waals surface area contributed by atoms with Crippen LogP contribution in [0.25, 0.3) is 10.8 Å². The number of hydrogen-bond acceptors (Lipinski definition) is 5. The second-order valence-corrected chi connectivity index (χ2v) is 11.3. The summed E-state index contributed by atoms with van der Waals surface area (Å²) in [6.45, 7) is 6.94. The summed E-state index contributed by atoms with van der Waals surface area (Å²) in [6.07, 6.45) is 3.19. The van der Waals surface area contributed by atoms with Gasteiger partial charge in [-0.25, -0.2) is 0 Å². The Morgan fingerprint density at radius 3 is 2.30 bits per heavy atom. The molecule has 0 aromatic heterocycles. The van der Waals surface area contributed by atoms with Crippen molar-refractivity contribution in [3.05, 3.63) is 70.2 Å². The Balaban J connectivity index is 1.26. The van der Waals surface area contributed by atoms with Gasteiger partial charge in [0.25, 0.3) is 5.91 Å². The van der Waals surface area contributed by atoms with E-state index in [2.05, 4.69) is 70.6 Å². The number of amides is 1. The van der Waals surface area contributed by atoms with Crippen LogP contribution >= 0.6 is 11.6 Å². The SMILES string of the molecule is CN1CCC(c2ccc(C(=O)NN3CCc4cc(Cl)c(N5CCN(C)CC5)cc43)c3ccccc23)CC1. The Morgan fingerprint density at radius 2 is 1.54 bits per heavy atom. The van der Waals surface area contributed by atoms with Crippen molar-refractivity contribution in [1.82, 2.24) is 15.2 Å². The van der Waals surface area contributed by atoms with Crippen LogP contribution in [0.4, 0.5) is 11.4 Å². The molecule has 0 saturated carbocycles. The molecule has 0 bridgehead atoms. The van der Waals surface area contributed by atoms with Gasteiger partial charge < -0.3 is 14.7 Å². The van der Waals surface area contributed by atoms with E-state index in [1.54, 1.807) is 0 Å². The number of nitrogens with zero attached hydrogens (tertiary/aromatic N) is 4. The molecule has 0 unspecified atom stereocenters. The van der Waals surface area contributed by atoms with Gasteiger partial charge in [0.15, 0.2) is 0 Å². The highest BCUT2D eigenvalue weighted by atomic mass is 35.5. The third-order valence-corrected chi connectivity index (χ3v) is 8.79. The van der Waals surface area contributed by atoms with E-state index in [1.807, 2.05) is 17.1 Å². The van der Waals surface area contributed by atoms with E-state index < -0.39 is 0 Å². The average molecular weight is 518 g/mol. The van der Waals surface area contributed by atoms with E-state index in [0.29, 0.717) is 5.92 Å². The van der Waals surface area contributed by atoms with E-state index in [-0.39, 0.29) is 5.91 Å². The molecule has 3 aliphatic heterocycles. The molecule has 2 saturated heterocycles. The Kier molecular flexibility index (Phi) is 6.74. The van der Waals surface area contributed by atoms with Gasteiger partial charge in [0, 0.05) is 38.3 Å². The van der Waals surface area contributed by atoms with E-state index in [9.17, 15) is 4.79 Å². The van der Waals surface area contributed by atoms with Gasteiger partial charge in [-0.15, -0.1) is 0 Å². The van der Waals surface area contributed by atoms with E-state index >= 15 is 0 Å². The lowest BCUT2D eigenvalue weighted by molar-refractivity contribution is 0.0951. The standard InChI is InChI=1S/C30H36ClN5O/c1-33-12-9-21(10-13-33)23-7-8-26(25-6-4-3-5-24(23)25)30(37)32-36-14-11-22-19-27(31)29(20-28(22)36)35-17-15-34(2)16-18-35/h3-8,19-21H,9-18H2,1-2H3,(H,32,37). The third kappa shape index (κ3) is 4.78. The molecule has 6 rings (SSSR count). The van der Waals surface area contributed by atoms with Crippen molar-refractivity contribution < 1.29 is 4.79 Å². The number of piperidine rings is 1. The number of fused-ring (bicyclic) bond motifs is 2. The molecule has 0 spiro atoms. The zero-order valence-electron chi connectivity index (χ0n) is 21.8. The van der Waals surface area contributed by atoms with Crippen LogP contribution in [0.3, 0.4) is 0 Å². The number of rotatable bonds is 4. The van der Waals surface area contributed by atoms with Crippen molar-refractivity contribution in [3.63, 3.8) is 0 Å². The van der Waals surface area contributed by atoms with Crippen LogP contribution in [-0.4, -0.2) is 75.6 Å². The first-order chi connectivity index (χ1) is 18.0. The maximum atomic E-state index is 13.6. The van der Waals surface area contributed by atoms with Gasteiger partial charge in [0.05, 0.1) is 16.4 Å². The van der Waals surface area contributed by atoms with Crippen LogP contribution in [0.2, 0.25) is 5.02 Å². The molecule has 3 aromatic carbocycles. The highest BCUT2D eigenvalue weighted by molar-refractivity contribution is 6.33. The van der Waals surface area contributed by atoms with Crippen LogP contribution in [0.5, 0.6) is 0 Å². The lowest BCUT2D eigenvalue weighted by atomic mass is 9.85. The Morgan fingerprint density at radius 1 is 0.838 bits per heavy atom. The fourth-order valence-corrected chi connectivity index (χ4v) is 6.49. The minimum absolute atomic E-state index is 0.0601. The topological polar surface area (TPSA) is 42.1 Å². The van der Waals surface area contributed by atoms with Gasteiger partial charge in [-0.3, -0.25) is 15.2 Å². The summed E-state index contributed by atoms with van der Waals surface area (Å²) in [5, 5.41) is 5.04. The third-order valence-electron chi connectivity index (χ3n) is 8.48. The summed E-state index contributed by atoms with van der Waals surface area (Å²) in [7, 11) is 4.35. The minimum atomic E-state index is -0.0601.